The first-order valence-electron chi connectivity index (χ1n) is 12.0. The van der Waals surface area contributed by atoms with Crippen LogP contribution in [0.5, 0.6) is 0 Å². The summed E-state index contributed by atoms with van der Waals surface area (Å²) in [4.78, 5) is 0. The molecule has 0 unspecified atom stereocenters. The van der Waals surface area contributed by atoms with Gasteiger partial charge >= 0.3 is 42.8 Å². The molecule has 0 rings (SSSR count). The van der Waals surface area contributed by atoms with Gasteiger partial charge in [0.2, 0.25) is 0 Å². The van der Waals surface area contributed by atoms with Crippen LogP contribution >= 0.6 is 11.1 Å². The Morgan fingerprint density at radius 3 is 0.818 bits per heavy atom. The zero-order valence-corrected chi connectivity index (χ0v) is 32.2. The molecular weight excluding hydrogens is 556 g/mol. The van der Waals surface area contributed by atoms with Crippen molar-refractivity contribution in [2.45, 2.75) is 124 Å². The molecule has 0 aliphatic heterocycles. The normalized spacial score (nSPS) is 15.6. The van der Waals surface area contributed by atoms with E-state index in [0.29, 0.717) is 11.1 Å². The van der Waals surface area contributed by atoms with Crippen molar-refractivity contribution in [3.63, 3.8) is 0 Å². The smallest absolute Gasteiger partial charge is 0.314 e. The van der Waals surface area contributed by atoms with Gasteiger partial charge in [0, 0.05) is 0 Å². The highest BCUT2D eigenvalue weighted by molar-refractivity contribution is 7.20. The second-order valence-corrected chi connectivity index (χ2v) is 41.3. The summed E-state index contributed by atoms with van der Waals surface area (Å²) in [7, 11) is -16.5. The fraction of sp³-hybridized carbons (Fsp3) is 1.00. The lowest BCUT2D eigenvalue weighted by molar-refractivity contribution is 0.271. The molecule has 0 N–H and O–H groups in total. The molecule has 0 heterocycles. The zero-order valence-electron chi connectivity index (χ0n) is 24.5. The van der Waals surface area contributed by atoms with Gasteiger partial charge in [-0.1, -0.05) is 27.7 Å². The van der Waals surface area contributed by atoms with Gasteiger partial charge in [0.1, 0.15) is 0 Å². The van der Waals surface area contributed by atoms with E-state index in [4.69, 9.17) is 35.8 Å². The van der Waals surface area contributed by atoms with E-state index in [-0.39, 0.29) is 0 Å². The van der Waals surface area contributed by atoms with Gasteiger partial charge in [0.15, 0.2) is 8.32 Å². The molecule has 0 aromatic carbocycles. The van der Waals surface area contributed by atoms with Crippen LogP contribution in [-0.2, 0) is 24.7 Å². The number of hydrogen-bond donors (Lipinski definition) is 0. The maximum atomic E-state index is 7.06. The minimum absolute atomic E-state index is 0.296. The predicted octanol–water partition coefficient (Wildman–Crippen LogP) is 7.93. The predicted molar refractivity (Wildman–Crippen MR) is 159 cm³/mol. The average molecular weight is 610 g/mol. The number of halogens is 1. The third-order valence-corrected chi connectivity index (χ3v) is 34.3. The van der Waals surface area contributed by atoms with Gasteiger partial charge in [-0.3, -0.25) is 0 Å². The Balaban J connectivity index is 5.38. The second-order valence-electron chi connectivity index (χ2n) is 12.7. The summed E-state index contributed by atoms with van der Waals surface area (Å²) in [5.41, 5.74) is 0.591. The van der Waals surface area contributed by atoms with E-state index in [0.717, 1.165) is 0 Å². The lowest BCUT2D eigenvalue weighted by Crippen LogP contribution is -2.61. The van der Waals surface area contributed by atoms with Crippen LogP contribution < -0.4 is 0 Å². The fourth-order valence-corrected chi connectivity index (χ4v) is 39.9. The van der Waals surface area contributed by atoms with Crippen LogP contribution in [-0.4, -0.2) is 58.7 Å². The molecular formula is C19H53ClO6Si7. The maximum Gasteiger partial charge on any atom is 0.314 e. The summed E-state index contributed by atoms with van der Waals surface area (Å²) >= 11 is 7.06. The third kappa shape index (κ3) is 13.6. The summed E-state index contributed by atoms with van der Waals surface area (Å²) < 4.78 is 39.5. The summed E-state index contributed by atoms with van der Waals surface area (Å²) in [6, 6.07) is 0. The molecule has 0 aliphatic carbocycles. The van der Waals surface area contributed by atoms with E-state index in [1.165, 1.54) is 0 Å². The van der Waals surface area contributed by atoms with E-state index < -0.39 is 58.7 Å². The van der Waals surface area contributed by atoms with Crippen molar-refractivity contribution in [1.29, 1.82) is 0 Å². The van der Waals surface area contributed by atoms with Crippen LogP contribution in [0.1, 0.15) is 27.7 Å². The van der Waals surface area contributed by atoms with Gasteiger partial charge < -0.3 is 24.7 Å². The van der Waals surface area contributed by atoms with Crippen molar-refractivity contribution >= 4 is 69.8 Å². The largest absolute Gasteiger partial charge is 0.437 e. The average Bonchev–Trinajstić information content (AvgIpc) is 2.36. The highest BCUT2D eigenvalue weighted by Crippen LogP contribution is 2.40. The summed E-state index contributed by atoms with van der Waals surface area (Å²) in [5.74, 6) is 0. The summed E-state index contributed by atoms with van der Waals surface area (Å²) in [6.45, 7) is 36.0. The third-order valence-electron chi connectivity index (χ3n) is 4.50. The van der Waals surface area contributed by atoms with E-state index in [1.807, 2.05) is 0 Å². The second kappa shape index (κ2) is 11.5. The molecule has 33 heavy (non-hydrogen) atoms. The highest BCUT2D eigenvalue weighted by Gasteiger charge is 2.50. The van der Waals surface area contributed by atoms with Gasteiger partial charge in [-0.25, -0.2) is 0 Å². The van der Waals surface area contributed by atoms with Crippen LogP contribution in [0, 0.1) is 0 Å². The molecule has 6 nitrogen and oxygen atoms in total. The van der Waals surface area contributed by atoms with Crippen molar-refractivity contribution in [1.82, 2.24) is 0 Å². The van der Waals surface area contributed by atoms with Crippen molar-refractivity contribution in [3.8, 4) is 0 Å². The van der Waals surface area contributed by atoms with E-state index >= 15 is 0 Å². The van der Waals surface area contributed by atoms with Gasteiger partial charge in [-0.15, -0.1) is 11.1 Å². The van der Waals surface area contributed by atoms with Crippen LogP contribution in [0.15, 0.2) is 0 Å². The standard InChI is InChI=1S/C19H53ClO6Si7/c1-18(2)33(20,19(3)4)26-32(16,17)25-31(14,15)24-30(12,13)23-29(10,11)22-28(8,9)21-27(5,6)7/h18-19H,1-17H3. The van der Waals surface area contributed by atoms with Gasteiger partial charge in [0.25, 0.3) is 7.63 Å². The minimum atomic E-state index is -2.55. The summed E-state index contributed by atoms with van der Waals surface area (Å²) in [6.07, 6.45) is 0. The molecule has 0 radical (unpaired) electrons. The lowest BCUT2D eigenvalue weighted by Gasteiger charge is -2.44. The van der Waals surface area contributed by atoms with Gasteiger partial charge in [-0.05, 0) is 96.2 Å². The molecule has 0 aromatic heterocycles. The van der Waals surface area contributed by atoms with Crippen LogP contribution in [0.3, 0.4) is 0 Å². The Labute approximate surface area is 217 Å². The lowest BCUT2D eigenvalue weighted by atomic mass is 10.5. The molecule has 0 spiro atoms. The quantitative estimate of drug-likeness (QED) is 0.147. The number of hydrogen-bond acceptors (Lipinski definition) is 6. The molecule has 0 aliphatic rings. The highest BCUT2D eigenvalue weighted by atomic mass is 35.6. The monoisotopic (exact) mass is 608 g/mol. The SMILES string of the molecule is CC(C)[Si](Cl)(O[Si](C)(C)O[Si](C)(C)O[Si](C)(C)O[Si](C)(C)O[Si](C)(C)O[Si](C)(C)C)C(C)C. The van der Waals surface area contributed by atoms with Crippen molar-refractivity contribution in [3.05, 3.63) is 0 Å². The first kappa shape index (κ1) is 34.6. The summed E-state index contributed by atoms with van der Waals surface area (Å²) in [5, 5.41) is 0. The van der Waals surface area contributed by atoms with E-state index in [1.54, 1.807) is 0 Å². The molecule has 200 valence electrons. The van der Waals surface area contributed by atoms with E-state index in [9.17, 15) is 0 Å². The molecule has 14 heteroatoms. The Bertz CT molecular complexity index is 629. The Kier molecular flexibility index (Phi) is 12.1. The van der Waals surface area contributed by atoms with Gasteiger partial charge in [0.05, 0.1) is 0 Å². The topological polar surface area (TPSA) is 55.4 Å². The minimum Gasteiger partial charge on any atom is -0.437 e. The van der Waals surface area contributed by atoms with Crippen LogP contribution in [0.2, 0.25) is 96.2 Å². The molecule has 0 bridgehead atoms. The first-order valence-corrected chi connectivity index (χ1v) is 32.6. The molecule has 0 amide bonds. The molecule has 0 aromatic rings. The number of rotatable bonds is 14. The van der Waals surface area contributed by atoms with E-state index in [2.05, 4.69) is 113 Å². The van der Waals surface area contributed by atoms with Crippen molar-refractivity contribution in [2.24, 2.45) is 0 Å². The van der Waals surface area contributed by atoms with Crippen LogP contribution in [0.25, 0.3) is 0 Å². The zero-order chi connectivity index (χ0) is 26.9. The maximum absolute atomic E-state index is 7.06. The molecule has 0 fully saturated rings. The van der Waals surface area contributed by atoms with Crippen molar-refractivity contribution < 1.29 is 24.7 Å². The molecule has 0 saturated heterocycles. The molecule has 0 saturated carbocycles. The van der Waals surface area contributed by atoms with Gasteiger partial charge in [-0.2, -0.15) is 0 Å². The Morgan fingerprint density at radius 2 is 0.606 bits per heavy atom. The Hall–Kier alpha value is 1.57. The van der Waals surface area contributed by atoms with Crippen molar-refractivity contribution in [2.75, 3.05) is 0 Å². The fourth-order valence-electron chi connectivity index (χ4n) is 4.49. The molecule has 0 atom stereocenters. The first-order chi connectivity index (χ1) is 14.1. The van der Waals surface area contributed by atoms with Crippen LogP contribution in [0.4, 0.5) is 0 Å². The Morgan fingerprint density at radius 1 is 0.394 bits per heavy atom.